The van der Waals surface area contributed by atoms with Crippen LogP contribution in [0.15, 0.2) is 47.4 Å². The van der Waals surface area contributed by atoms with Gasteiger partial charge < -0.3 is 4.43 Å². The van der Waals surface area contributed by atoms with E-state index in [1.165, 1.54) is 0 Å². The molecule has 0 N–H and O–H groups in total. The van der Waals surface area contributed by atoms with Crippen LogP contribution in [0.5, 0.6) is 0 Å². The van der Waals surface area contributed by atoms with Gasteiger partial charge in [0.15, 0.2) is 18.2 Å². The van der Waals surface area contributed by atoms with Crippen LogP contribution in [-0.4, -0.2) is 28.6 Å². The van der Waals surface area contributed by atoms with Crippen LogP contribution in [0, 0.1) is 22.7 Å². The highest BCUT2D eigenvalue weighted by Crippen LogP contribution is 2.62. The van der Waals surface area contributed by atoms with Crippen molar-refractivity contribution in [2.75, 3.05) is 5.75 Å². The minimum absolute atomic E-state index is 0.00201. The summed E-state index contributed by atoms with van der Waals surface area (Å²) in [6.45, 7) is 23.0. The Balaban J connectivity index is 1.91. The van der Waals surface area contributed by atoms with E-state index >= 15 is 0 Å². The Morgan fingerprint density at radius 3 is 2.25 bits per heavy atom. The molecule has 2 saturated carbocycles. The highest BCUT2D eigenvalue weighted by atomic mass is 32.2. The molecule has 0 radical (unpaired) electrons. The van der Waals surface area contributed by atoms with Crippen molar-refractivity contribution in [3.8, 4) is 0 Å². The highest BCUT2D eigenvalue weighted by Gasteiger charge is 2.58. The highest BCUT2D eigenvalue weighted by molar-refractivity contribution is 7.91. The molecule has 3 rings (SSSR count). The maximum Gasteiger partial charge on any atom is 0.192 e. The van der Waals surface area contributed by atoms with Gasteiger partial charge in [-0.3, -0.25) is 0 Å². The number of allylic oxidation sites excluding steroid dienone is 1. The standard InChI is InChI=1S/C27H44O3SSi/c1-20-15-16-23-26(5,6)24(30-32(8,9)25(2,3)4)17-18-27(23,7)22(20)19-31(28,29)21-13-11-10-12-14-21/h10-14,22-24H,1,15-19H2,2-9H3/t22-,23?,24-,27+/m0/s1. The fourth-order valence-corrected chi connectivity index (χ4v) is 9.45. The van der Waals surface area contributed by atoms with Crippen LogP contribution in [0.1, 0.15) is 67.2 Å². The number of benzene rings is 1. The summed E-state index contributed by atoms with van der Waals surface area (Å²) in [5, 5.41) is 0.178. The van der Waals surface area contributed by atoms with Crippen LogP contribution in [0.25, 0.3) is 0 Å². The van der Waals surface area contributed by atoms with Gasteiger partial charge in [0, 0.05) is 0 Å². The summed E-state index contributed by atoms with van der Waals surface area (Å²) in [5.41, 5.74) is 1.04. The van der Waals surface area contributed by atoms with Crippen LogP contribution in [0.2, 0.25) is 18.1 Å². The molecule has 0 saturated heterocycles. The Morgan fingerprint density at radius 1 is 1.09 bits per heavy atom. The zero-order valence-corrected chi connectivity index (χ0v) is 23.3. The van der Waals surface area contributed by atoms with E-state index in [0.29, 0.717) is 10.8 Å². The molecular formula is C27H44O3SSi. The molecule has 0 bridgehead atoms. The van der Waals surface area contributed by atoms with E-state index in [9.17, 15) is 8.42 Å². The van der Waals surface area contributed by atoms with Crippen molar-refractivity contribution in [3.63, 3.8) is 0 Å². The minimum atomic E-state index is -3.37. The second-order valence-corrected chi connectivity index (χ2v) is 19.4. The van der Waals surface area contributed by atoms with Crippen molar-refractivity contribution in [1.82, 2.24) is 0 Å². The Hall–Kier alpha value is -0.913. The van der Waals surface area contributed by atoms with Crippen molar-refractivity contribution in [1.29, 1.82) is 0 Å². The summed E-state index contributed by atoms with van der Waals surface area (Å²) in [6, 6.07) is 8.91. The molecule has 3 nitrogen and oxygen atoms in total. The molecule has 0 aromatic heterocycles. The molecule has 5 heteroatoms. The molecular weight excluding hydrogens is 432 g/mol. The first-order valence-electron chi connectivity index (χ1n) is 12.2. The van der Waals surface area contributed by atoms with Gasteiger partial charge in [0.25, 0.3) is 0 Å². The molecule has 1 aromatic rings. The lowest BCUT2D eigenvalue weighted by atomic mass is 9.47. The van der Waals surface area contributed by atoms with E-state index in [2.05, 4.69) is 61.2 Å². The van der Waals surface area contributed by atoms with E-state index < -0.39 is 18.2 Å². The Kier molecular flexibility index (Phi) is 6.74. The lowest BCUT2D eigenvalue weighted by Crippen LogP contribution is -2.59. The van der Waals surface area contributed by atoms with E-state index in [1.54, 1.807) is 24.3 Å². The average molecular weight is 477 g/mol. The summed E-state index contributed by atoms with van der Waals surface area (Å²) in [4.78, 5) is 0.424. The first kappa shape index (κ1) is 25.7. The molecule has 32 heavy (non-hydrogen) atoms. The van der Waals surface area contributed by atoms with E-state index in [1.807, 2.05) is 6.07 Å². The van der Waals surface area contributed by atoms with Crippen LogP contribution >= 0.6 is 0 Å². The molecule has 0 heterocycles. The van der Waals surface area contributed by atoms with E-state index in [-0.39, 0.29) is 33.6 Å². The molecule has 0 amide bonds. The van der Waals surface area contributed by atoms with Gasteiger partial charge >= 0.3 is 0 Å². The zero-order valence-electron chi connectivity index (χ0n) is 21.5. The van der Waals surface area contributed by atoms with Crippen molar-refractivity contribution in [2.45, 2.75) is 96.4 Å². The normalized spacial score (nSPS) is 31.2. The molecule has 0 aliphatic heterocycles. The van der Waals surface area contributed by atoms with Crippen LogP contribution in [0.3, 0.4) is 0 Å². The van der Waals surface area contributed by atoms with Gasteiger partial charge in [-0.15, -0.1) is 0 Å². The first-order valence-corrected chi connectivity index (χ1v) is 16.7. The van der Waals surface area contributed by atoms with Crippen LogP contribution in [0.4, 0.5) is 0 Å². The molecule has 0 spiro atoms. The Morgan fingerprint density at radius 2 is 1.69 bits per heavy atom. The maximum atomic E-state index is 13.3. The van der Waals surface area contributed by atoms with Gasteiger partial charge in [0.1, 0.15) is 0 Å². The van der Waals surface area contributed by atoms with Crippen LogP contribution in [-0.2, 0) is 14.3 Å². The molecule has 4 atom stereocenters. The fourth-order valence-electron chi connectivity index (χ4n) is 6.15. The quantitative estimate of drug-likeness (QED) is 0.332. The summed E-state index contributed by atoms with van der Waals surface area (Å²) in [7, 11) is -5.25. The lowest BCUT2D eigenvalue weighted by Gasteiger charge is -2.61. The molecule has 180 valence electrons. The maximum absolute atomic E-state index is 13.3. The van der Waals surface area contributed by atoms with Crippen molar-refractivity contribution >= 4 is 18.2 Å². The SMILES string of the molecule is C=C1CCC2C(C)(C)[C@@H](O[Si](C)(C)C(C)(C)C)CC[C@]2(C)[C@H]1CS(=O)(=O)c1ccccc1. The predicted molar refractivity (Wildman–Crippen MR) is 137 cm³/mol. The third-order valence-electron chi connectivity index (χ3n) is 9.24. The number of hydrogen-bond donors (Lipinski definition) is 0. The lowest BCUT2D eigenvalue weighted by molar-refractivity contribution is -0.115. The second kappa shape index (κ2) is 8.39. The van der Waals surface area contributed by atoms with Gasteiger partial charge in [-0.25, -0.2) is 8.42 Å². The van der Waals surface area contributed by atoms with Crippen molar-refractivity contribution in [2.24, 2.45) is 22.7 Å². The number of sulfone groups is 1. The molecule has 2 fully saturated rings. The van der Waals surface area contributed by atoms with E-state index in [4.69, 9.17) is 4.43 Å². The predicted octanol–water partition coefficient (Wildman–Crippen LogP) is 7.26. The Bertz CT molecular complexity index is 943. The van der Waals surface area contributed by atoms with Crippen LogP contribution < -0.4 is 0 Å². The number of fused-ring (bicyclic) bond motifs is 1. The van der Waals surface area contributed by atoms with Gasteiger partial charge in [0.2, 0.25) is 0 Å². The van der Waals surface area contributed by atoms with E-state index in [0.717, 1.165) is 31.3 Å². The Labute approximate surface area is 198 Å². The largest absolute Gasteiger partial charge is 0.413 e. The zero-order chi connectivity index (χ0) is 24.2. The summed E-state index contributed by atoms with van der Waals surface area (Å²) in [5.74, 6) is 0.562. The topological polar surface area (TPSA) is 43.4 Å². The molecule has 2 aliphatic rings. The van der Waals surface area contributed by atoms with Gasteiger partial charge in [-0.1, -0.05) is 71.9 Å². The third kappa shape index (κ3) is 4.54. The fraction of sp³-hybridized carbons (Fsp3) is 0.704. The second-order valence-electron chi connectivity index (χ2n) is 12.6. The first-order chi connectivity index (χ1) is 14.5. The molecule has 2 aliphatic carbocycles. The van der Waals surface area contributed by atoms with Gasteiger partial charge in [-0.05, 0) is 78.6 Å². The van der Waals surface area contributed by atoms with Gasteiger partial charge in [-0.2, -0.15) is 0 Å². The number of hydrogen-bond acceptors (Lipinski definition) is 3. The van der Waals surface area contributed by atoms with Crippen molar-refractivity contribution in [3.05, 3.63) is 42.5 Å². The van der Waals surface area contributed by atoms with Gasteiger partial charge in [0.05, 0.1) is 16.8 Å². The molecule has 1 aromatic carbocycles. The summed E-state index contributed by atoms with van der Waals surface area (Å²) >= 11 is 0. The van der Waals surface area contributed by atoms with Crippen molar-refractivity contribution < 1.29 is 12.8 Å². The molecule has 1 unspecified atom stereocenters. The smallest absolute Gasteiger partial charge is 0.192 e. The minimum Gasteiger partial charge on any atom is -0.413 e. The summed E-state index contributed by atoms with van der Waals surface area (Å²) < 4.78 is 33.6. The monoisotopic (exact) mass is 476 g/mol. The third-order valence-corrected chi connectivity index (χ3v) is 15.5. The number of rotatable bonds is 5. The summed E-state index contributed by atoms with van der Waals surface area (Å²) in [6.07, 6.45) is 4.18. The average Bonchev–Trinajstić information content (AvgIpc) is 2.67.